The lowest BCUT2D eigenvalue weighted by molar-refractivity contribution is 0.0939. The van der Waals surface area contributed by atoms with Crippen LogP contribution in [-0.4, -0.2) is 16.0 Å². The van der Waals surface area contributed by atoms with Gasteiger partial charge in [-0.2, -0.15) is 0 Å². The number of nitrogens with one attached hydrogen (secondary N) is 1. The number of amides is 1. The number of aryl methyl sites for hydroxylation is 2. The normalized spacial score (nSPS) is 12.3. The van der Waals surface area contributed by atoms with Gasteiger partial charge in [-0.1, -0.05) is 11.2 Å². The summed E-state index contributed by atoms with van der Waals surface area (Å²) >= 11 is 3.11. The zero-order chi connectivity index (χ0) is 15.7. The van der Waals surface area contributed by atoms with E-state index in [4.69, 9.17) is 4.52 Å². The summed E-state index contributed by atoms with van der Waals surface area (Å²) in [5.74, 6) is 0.325. The zero-order valence-electron chi connectivity index (χ0n) is 12.4. The predicted octanol–water partition coefficient (Wildman–Crippen LogP) is 3.97. The maximum absolute atomic E-state index is 12.6. The highest BCUT2D eigenvalue weighted by molar-refractivity contribution is 7.13. The van der Waals surface area contributed by atoms with Gasteiger partial charge in [0.1, 0.15) is 22.0 Å². The lowest BCUT2D eigenvalue weighted by Crippen LogP contribution is -2.27. The van der Waals surface area contributed by atoms with Gasteiger partial charge in [-0.25, -0.2) is 4.98 Å². The Morgan fingerprint density at radius 3 is 2.86 bits per heavy atom. The number of hydrogen-bond donors (Lipinski definition) is 1. The Hall–Kier alpha value is -1.99. The molecular formula is C15H15N3O2S2. The molecule has 0 saturated carbocycles. The van der Waals surface area contributed by atoms with Crippen molar-refractivity contribution in [3.05, 3.63) is 44.9 Å². The fourth-order valence-corrected chi connectivity index (χ4v) is 3.61. The highest BCUT2D eigenvalue weighted by atomic mass is 32.1. The molecule has 1 unspecified atom stereocenters. The van der Waals surface area contributed by atoms with Gasteiger partial charge in [0.05, 0.1) is 10.9 Å². The van der Waals surface area contributed by atoms with Gasteiger partial charge < -0.3 is 9.84 Å². The maximum atomic E-state index is 12.6. The largest absolute Gasteiger partial charge is 0.360 e. The first-order chi connectivity index (χ1) is 10.6. The number of thiazole rings is 1. The van der Waals surface area contributed by atoms with Gasteiger partial charge in [-0.15, -0.1) is 22.7 Å². The zero-order valence-corrected chi connectivity index (χ0v) is 14.0. The fraction of sp³-hybridized carbons (Fsp3) is 0.267. The van der Waals surface area contributed by atoms with Crippen molar-refractivity contribution in [2.24, 2.45) is 0 Å². The van der Waals surface area contributed by atoms with Crippen LogP contribution in [0.4, 0.5) is 0 Å². The first kappa shape index (κ1) is 14.9. The van der Waals surface area contributed by atoms with Crippen LogP contribution >= 0.6 is 22.7 Å². The minimum Gasteiger partial charge on any atom is -0.360 e. The Morgan fingerprint density at radius 1 is 1.41 bits per heavy atom. The number of nitrogens with zero attached hydrogens (tertiary/aromatic N) is 2. The molecule has 0 radical (unpaired) electrons. The lowest BCUT2D eigenvalue weighted by atomic mass is 10.1. The molecule has 0 aromatic carbocycles. The number of rotatable bonds is 4. The Labute approximate surface area is 136 Å². The third-order valence-electron chi connectivity index (χ3n) is 3.20. The molecule has 3 heterocycles. The van der Waals surface area contributed by atoms with Crippen LogP contribution in [0.1, 0.15) is 39.0 Å². The molecule has 3 rings (SSSR count). The average Bonchev–Trinajstić information content (AvgIpc) is 3.18. The molecule has 22 heavy (non-hydrogen) atoms. The summed E-state index contributed by atoms with van der Waals surface area (Å²) in [5.41, 5.74) is 1.08. The smallest absolute Gasteiger partial charge is 0.257 e. The van der Waals surface area contributed by atoms with E-state index in [0.717, 1.165) is 14.8 Å². The summed E-state index contributed by atoms with van der Waals surface area (Å²) in [6, 6.07) is 3.69. The van der Waals surface area contributed by atoms with Crippen LogP contribution in [0.25, 0.3) is 10.6 Å². The summed E-state index contributed by atoms with van der Waals surface area (Å²) in [6.07, 6.45) is 1.81. The van der Waals surface area contributed by atoms with E-state index in [1.807, 2.05) is 37.6 Å². The molecule has 3 aromatic rings. The minimum absolute atomic E-state index is 0.156. The van der Waals surface area contributed by atoms with Crippen LogP contribution in [0.15, 0.2) is 28.2 Å². The second-order valence-corrected chi connectivity index (χ2v) is 7.16. The second kappa shape index (κ2) is 6.02. The Kier molecular flexibility index (Phi) is 4.08. The summed E-state index contributed by atoms with van der Waals surface area (Å²) in [4.78, 5) is 19.0. The van der Waals surface area contributed by atoms with Gasteiger partial charge in [0.25, 0.3) is 5.91 Å². The van der Waals surface area contributed by atoms with Crippen molar-refractivity contribution in [3.8, 4) is 10.6 Å². The van der Waals surface area contributed by atoms with E-state index < -0.39 is 0 Å². The summed E-state index contributed by atoms with van der Waals surface area (Å²) in [5, 5.41) is 9.83. The Bertz CT molecular complexity index is 790. The molecule has 1 atom stereocenters. The molecule has 1 N–H and O–H groups in total. The SMILES string of the molecule is Cc1cnc(C(C)NC(=O)c2c(-c3cccs3)noc2C)s1. The highest BCUT2D eigenvalue weighted by Crippen LogP contribution is 2.29. The van der Waals surface area contributed by atoms with E-state index in [9.17, 15) is 4.79 Å². The van der Waals surface area contributed by atoms with Gasteiger partial charge in [0.2, 0.25) is 0 Å². The van der Waals surface area contributed by atoms with Gasteiger partial charge >= 0.3 is 0 Å². The van der Waals surface area contributed by atoms with Crippen molar-refractivity contribution in [3.63, 3.8) is 0 Å². The van der Waals surface area contributed by atoms with Crippen molar-refractivity contribution in [1.82, 2.24) is 15.5 Å². The first-order valence-corrected chi connectivity index (χ1v) is 8.49. The molecule has 0 fully saturated rings. The summed E-state index contributed by atoms with van der Waals surface area (Å²) in [7, 11) is 0. The molecule has 114 valence electrons. The summed E-state index contributed by atoms with van der Waals surface area (Å²) in [6.45, 7) is 5.66. The van der Waals surface area contributed by atoms with Crippen LogP contribution in [-0.2, 0) is 0 Å². The molecule has 0 bridgehead atoms. The van der Waals surface area contributed by atoms with E-state index in [-0.39, 0.29) is 11.9 Å². The predicted molar refractivity (Wildman–Crippen MR) is 87.3 cm³/mol. The molecule has 1 amide bonds. The molecule has 0 spiro atoms. The van der Waals surface area contributed by atoms with E-state index in [2.05, 4.69) is 15.5 Å². The molecule has 3 aromatic heterocycles. The fourth-order valence-electron chi connectivity index (χ4n) is 2.12. The number of aromatic nitrogens is 2. The van der Waals surface area contributed by atoms with Gasteiger partial charge in [0, 0.05) is 11.1 Å². The maximum Gasteiger partial charge on any atom is 0.257 e. The van der Waals surface area contributed by atoms with Crippen molar-refractivity contribution in [2.45, 2.75) is 26.8 Å². The number of carbonyl (C=O) groups excluding carboxylic acids is 1. The topological polar surface area (TPSA) is 68.0 Å². The van der Waals surface area contributed by atoms with Crippen molar-refractivity contribution >= 4 is 28.6 Å². The molecule has 7 heteroatoms. The standard InChI is InChI=1S/C15H15N3O2S2/c1-8-7-16-15(22-8)9(2)17-14(19)12-10(3)20-18-13(12)11-5-4-6-21-11/h4-7,9H,1-3H3,(H,17,19). The third kappa shape index (κ3) is 2.82. The summed E-state index contributed by atoms with van der Waals surface area (Å²) < 4.78 is 5.21. The Morgan fingerprint density at radius 2 is 2.23 bits per heavy atom. The average molecular weight is 333 g/mol. The first-order valence-electron chi connectivity index (χ1n) is 6.79. The van der Waals surface area contributed by atoms with Crippen LogP contribution in [0.3, 0.4) is 0 Å². The third-order valence-corrected chi connectivity index (χ3v) is 5.17. The molecular weight excluding hydrogens is 318 g/mol. The van der Waals surface area contributed by atoms with Crippen LogP contribution < -0.4 is 5.32 Å². The quantitative estimate of drug-likeness (QED) is 0.784. The highest BCUT2D eigenvalue weighted by Gasteiger charge is 2.24. The monoisotopic (exact) mass is 333 g/mol. The van der Waals surface area contributed by atoms with Crippen LogP contribution in [0, 0.1) is 13.8 Å². The van der Waals surface area contributed by atoms with Crippen LogP contribution in [0.5, 0.6) is 0 Å². The van der Waals surface area contributed by atoms with Gasteiger partial charge in [-0.05, 0) is 32.2 Å². The second-order valence-electron chi connectivity index (χ2n) is 4.94. The number of carbonyl (C=O) groups is 1. The molecule has 5 nitrogen and oxygen atoms in total. The minimum atomic E-state index is -0.192. The Balaban J connectivity index is 1.85. The van der Waals surface area contributed by atoms with Crippen molar-refractivity contribution < 1.29 is 9.32 Å². The molecule has 0 aliphatic carbocycles. The van der Waals surface area contributed by atoms with Crippen molar-refractivity contribution in [2.75, 3.05) is 0 Å². The number of thiophene rings is 1. The molecule has 0 aliphatic heterocycles. The lowest BCUT2D eigenvalue weighted by Gasteiger charge is -2.11. The van der Waals surface area contributed by atoms with Gasteiger partial charge in [0.15, 0.2) is 0 Å². The van der Waals surface area contributed by atoms with Crippen molar-refractivity contribution in [1.29, 1.82) is 0 Å². The molecule has 0 saturated heterocycles. The van der Waals surface area contributed by atoms with E-state index in [1.54, 1.807) is 18.3 Å². The van der Waals surface area contributed by atoms with E-state index in [1.165, 1.54) is 11.3 Å². The van der Waals surface area contributed by atoms with E-state index >= 15 is 0 Å². The number of hydrogen-bond acceptors (Lipinski definition) is 6. The van der Waals surface area contributed by atoms with Gasteiger partial charge in [-0.3, -0.25) is 4.79 Å². The van der Waals surface area contributed by atoms with Crippen LogP contribution in [0.2, 0.25) is 0 Å². The molecule has 0 aliphatic rings. The van der Waals surface area contributed by atoms with E-state index in [0.29, 0.717) is 17.0 Å².